The van der Waals surface area contributed by atoms with Crippen molar-refractivity contribution in [1.82, 2.24) is 4.98 Å². The van der Waals surface area contributed by atoms with Gasteiger partial charge in [-0.15, -0.1) is 0 Å². The maximum absolute atomic E-state index is 4.64. The highest BCUT2D eigenvalue weighted by Crippen LogP contribution is 2.32. The Balaban J connectivity index is 2.01. The fourth-order valence-corrected chi connectivity index (χ4v) is 3.58. The van der Waals surface area contributed by atoms with Gasteiger partial charge in [-0.25, -0.2) is 4.98 Å². The standard InChI is InChI=1S/C14H11BrN2S/c1-9-7-10(15)8-12-13(9)17-14(18-12)16-11-5-3-2-4-6-11/h2-8H,1H3,(H,16,17). The summed E-state index contributed by atoms with van der Waals surface area (Å²) in [6.45, 7) is 2.08. The van der Waals surface area contributed by atoms with E-state index in [2.05, 4.69) is 45.3 Å². The second kappa shape index (κ2) is 4.71. The van der Waals surface area contributed by atoms with E-state index < -0.39 is 0 Å². The van der Waals surface area contributed by atoms with E-state index in [1.807, 2.05) is 30.3 Å². The van der Waals surface area contributed by atoms with Crippen LogP contribution in [0, 0.1) is 6.92 Å². The number of hydrogen-bond acceptors (Lipinski definition) is 3. The molecule has 0 aliphatic rings. The number of aromatic nitrogens is 1. The third-order valence-corrected chi connectivity index (χ3v) is 4.05. The van der Waals surface area contributed by atoms with E-state index in [4.69, 9.17) is 0 Å². The molecule has 18 heavy (non-hydrogen) atoms. The van der Waals surface area contributed by atoms with Gasteiger partial charge >= 0.3 is 0 Å². The molecule has 0 saturated heterocycles. The Morgan fingerprint density at radius 2 is 1.94 bits per heavy atom. The van der Waals surface area contributed by atoms with E-state index in [0.29, 0.717) is 0 Å². The van der Waals surface area contributed by atoms with Crippen molar-refractivity contribution in [3.63, 3.8) is 0 Å². The van der Waals surface area contributed by atoms with E-state index in [-0.39, 0.29) is 0 Å². The number of thiazole rings is 1. The van der Waals surface area contributed by atoms with Gasteiger partial charge in [-0.1, -0.05) is 45.5 Å². The Labute approximate surface area is 118 Å². The Bertz CT molecular complexity index is 692. The number of benzene rings is 2. The predicted molar refractivity (Wildman–Crippen MR) is 81.8 cm³/mol. The Morgan fingerprint density at radius 1 is 1.17 bits per heavy atom. The molecule has 0 bridgehead atoms. The van der Waals surface area contributed by atoms with E-state index in [1.165, 1.54) is 10.3 Å². The number of para-hydroxylation sites is 1. The van der Waals surface area contributed by atoms with Crippen LogP contribution in [0.1, 0.15) is 5.56 Å². The highest BCUT2D eigenvalue weighted by Gasteiger charge is 2.07. The molecule has 0 fully saturated rings. The Hall–Kier alpha value is -1.39. The zero-order valence-corrected chi connectivity index (χ0v) is 12.2. The van der Waals surface area contributed by atoms with E-state index in [1.54, 1.807) is 11.3 Å². The quantitative estimate of drug-likeness (QED) is 0.710. The SMILES string of the molecule is Cc1cc(Br)cc2sc(Nc3ccccc3)nc12. The largest absolute Gasteiger partial charge is 0.332 e. The van der Waals surface area contributed by atoms with Gasteiger partial charge < -0.3 is 5.32 Å². The lowest BCUT2D eigenvalue weighted by atomic mass is 10.2. The average Bonchev–Trinajstić information content (AvgIpc) is 2.73. The van der Waals surface area contributed by atoms with Crippen LogP contribution in [-0.4, -0.2) is 4.98 Å². The van der Waals surface area contributed by atoms with E-state index in [9.17, 15) is 0 Å². The minimum absolute atomic E-state index is 0.928. The van der Waals surface area contributed by atoms with Crippen molar-refractivity contribution in [2.45, 2.75) is 6.92 Å². The molecular weight excluding hydrogens is 308 g/mol. The summed E-state index contributed by atoms with van der Waals surface area (Å²) >= 11 is 5.19. The summed E-state index contributed by atoms with van der Waals surface area (Å²) in [5, 5.41) is 4.26. The summed E-state index contributed by atoms with van der Waals surface area (Å²) < 4.78 is 2.29. The molecule has 1 heterocycles. The van der Waals surface area contributed by atoms with Gasteiger partial charge in [-0.05, 0) is 36.8 Å². The van der Waals surface area contributed by atoms with Crippen molar-refractivity contribution in [2.24, 2.45) is 0 Å². The summed E-state index contributed by atoms with van der Waals surface area (Å²) in [7, 11) is 0. The van der Waals surface area contributed by atoms with Gasteiger partial charge in [0.2, 0.25) is 0 Å². The lowest BCUT2D eigenvalue weighted by molar-refractivity contribution is 1.40. The molecule has 0 unspecified atom stereocenters. The van der Waals surface area contributed by atoms with Gasteiger partial charge in [0, 0.05) is 10.2 Å². The summed E-state index contributed by atoms with van der Waals surface area (Å²) in [5.41, 5.74) is 3.33. The Morgan fingerprint density at radius 3 is 2.72 bits per heavy atom. The van der Waals surface area contributed by atoms with Crippen molar-refractivity contribution >= 4 is 48.3 Å². The number of fused-ring (bicyclic) bond motifs is 1. The summed E-state index contributed by atoms with van der Waals surface area (Å²) in [4.78, 5) is 4.64. The fourth-order valence-electron chi connectivity index (χ4n) is 1.85. The number of anilines is 2. The number of halogens is 1. The second-order valence-corrected chi connectivity index (χ2v) is 6.03. The molecule has 4 heteroatoms. The van der Waals surface area contributed by atoms with Crippen LogP contribution in [0.3, 0.4) is 0 Å². The molecule has 2 nitrogen and oxygen atoms in total. The van der Waals surface area contributed by atoms with Crippen LogP contribution in [-0.2, 0) is 0 Å². The lowest BCUT2D eigenvalue weighted by Gasteiger charge is -2.00. The fraction of sp³-hybridized carbons (Fsp3) is 0.0714. The summed E-state index contributed by atoms with van der Waals surface area (Å²) in [5.74, 6) is 0. The molecule has 1 N–H and O–H groups in total. The number of rotatable bonds is 2. The zero-order valence-electron chi connectivity index (χ0n) is 9.77. The van der Waals surface area contributed by atoms with Crippen LogP contribution >= 0.6 is 27.3 Å². The first-order valence-corrected chi connectivity index (χ1v) is 7.22. The topological polar surface area (TPSA) is 24.9 Å². The Kier molecular flexibility index (Phi) is 3.06. The smallest absolute Gasteiger partial charge is 0.188 e. The van der Waals surface area contributed by atoms with Gasteiger partial charge in [0.1, 0.15) is 0 Å². The van der Waals surface area contributed by atoms with Gasteiger partial charge in [-0.3, -0.25) is 0 Å². The van der Waals surface area contributed by atoms with Gasteiger partial charge in [0.15, 0.2) is 5.13 Å². The first-order chi connectivity index (χ1) is 8.72. The first kappa shape index (κ1) is 11.7. The van der Waals surface area contributed by atoms with Crippen LogP contribution < -0.4 is 5.32 Å². The third kappa shape index (κ3) is 2.26. The van der Waals surface area contributed by atoms with Crippen LogP contribution in [0.2, 0.25) is 0 Å². The lowest BCUT2D eigenvalue weighted by Crippen LogP contribution is -1.87. The molecule has 3 rings (SSSR count). The van der Waals surface area contributed by atoms with Crippen molar-refractivity contribution in [3.8, 4) is 0 Å². The molecule has 0 spiro atoms. The number of aryl methyl sites for hydroxylation is 1. The number of hydrogen-bond donors (Lipinski definition) is 1. The molecular formula is C14H11BrN2S. The van der Waals surface area contributed by atoms with Crippen molar-refractivity contribution in [3.05, 3.63) is 52.5 Å². The van der Waals surface area contributed by atoms with Crippen molar-refractivity contribution in [1.29, 1.82) is 0 Å². The summed E-state index contributed by atoms with van der Waals surface area (Å²) in [6.07, 6.45) is 0. The highest BCUT2D eigenvalue weighted by atomic mass is 79.9. The number of nitrogens with zero attached hydrogens (tertiary/aromatic N) is 1. The monoisotopic (exact) mass is 318 g/mol. The molecule has 0 aliphatic carbocycles. The van der Waals surface area contributed by atoms with E-state index >= 15 is 0 Å². The summed E-state index contributed by atoms with van der Waals surface area (Å²) in [6, 6.07) is 14.3. The van der Waals surface area contributed by atoms with Gasteiger partial charge in [0.05, 0.1) is 10.2 Å². The first-order valence-electron chi connectivity index (χ1n) is 5.61. The van der Waals surface area contributed by atoms with Gasteiger partial charge in [-0.2, -0.15) is 0 Å². The molecule has 2 aromatic carbocycles. The molecule has 0 saturated carbocycles. The van der Waals surface area contributed by atoms with Crippen LogP contribution in [0.15, 0.2) is 46.9 Å². The maximum Gasteiger partial charge on any atom is 0.188 e. The van der Waals surface area contributed by atoms with Crippen molar-refractivity contribution < 1.29 is 0 Å². The number of nitrogens with one attached hydrogen (secondary N) is 1. The van der Waals surface area contributed by atoms with Crippen LogP contribution in [0.25, 0.3) is 10.2 Å². The normalized spacial score (nSPS) is 10.8. The zero-order chi connectivity index (χ0) is 12.5. The second-order valence-electron chi connectivity index (χ2n) is 4.08. The molecule has 0 amide bonds. The predicted octanol–water partition coefficient (Wildman–Crippen LogP) is 5.11. The maximum atomic E-state index is 4.64. The molecule has 0 atom stereocenters. The minimum atomic E-state index is 0.928. The van der Waals surface area contributed by atoms with Crippen LogP contribution in [0.4, 0.5) is 10.8 Å². The highest BCUT2D eigenvalue weighted by molar-refractivity contribution is 9.10. The van der Waals surface area contributed by atoms with Crippen molar-refractivity contribution in [2.75, 3.05) is 5.32 Å². The van der Waals surface area contributed by atoms with Crippen LogP contribution in [0.5, 0.6) is 0 Å². The molecule has 90 valence electrons. The average molecular weight is 319 g/mol. The van der Waals surface area contributed by atoms with E-state index in [0.717, 1.165) is 20.8 Å². The molecule has 0 radical (unpaired) electrons. The molecule has 3 aromatic rings. The molecule has 1 aromatic heterocycles. The van der Waals surface area contributed by atoms with Gasteiger partial charge in [0.25, 0.3) is 0 Å². The third-order valence-electron chi connectivity index (χ3n) is 2.68. The minimum Gasteiger partial charge on any atom is -0.332 e. The molecule has 0 aliphatic heterocycles.